The maximum Gasteiger partial charge on any atom is 0.246 e. The number of amides is 1. The van der Waals surface area contributed by atoms with Gasteiger partial charge in [-0.1, -0.05) is 18.2 Å². The van der Waals surface area contributed by atoms with Crippen molar-refractivity contribution in [2.24, 2.45) is 4.99 Å². The molecule has 0 saturated carbocycles. The number of para-hydroxylation sites is 1. The molecule has 0 aromatic heterocycles. The van der Waals surface area contributed by atoms with E-state index in [2.05, 4.69) is 32.2 Å². The molecule has 2 saturated heterocycles. The van der Waals surface area contributed by atoms with Gasteiger partial charge in [0, 0.05) is 51.5 Å². The molecular weight excluding hydrogens is 481 g/mol. The lowest BCUT2D eigenvalue weighted by Gasteiger charge is -2.32. The molecule has 1 unspecified atom stereocenters. The zero-order valence-electron chi connectivity index (χ0n) is 17.2. The number of carbonyl (C=O) groups is 1. The van der Waals surface area contributed by atoms with Gasteiger partial charge in [0.15, 0.2) is 5.96 Å². The van der Waals surface area contributed by atoms with Gasteiger partial charge in [-0.3, -0.25) is 14.7 Å². The Bertz CT molecular complexity index is 723. The standard InChI is InChI=1S/C21H31N5O2.HI/c1-22-21(25-10-8-18(16-25)24-11-13-28-14-12-24)23-15-20(27)26-9-4-6-17-5-2-3-7-19(17)26;/h2-3,5,7,18H,4,6,8-16H2,1H3,(H,22,23);1H. The Kier molecular flexibility index (Phi) is 8.14. The first-order chi connectivity index (χ1) is 13.8. The zero-order chi connectivity index (χ0) is 19.3. The largest absolute Gasteiger partial charge is 0.379 e. The summed E-state index contributed by atoms with van der Waals surface area (Å²) in [7, 11) is 1.80. The smallest absolute Gasteiger partial charge is 0.246 e. The highest BCUT2D eigenvalue weighted by molar-refractivity contribution is 14.0. The molecule has 3 aliphatic heterocycles. The molecule has 0 radical (unpaired) electrons. The second kappa shape index (κ2) is 10.6. The summed E-state index contributed by atoms with van der Waals surface area (Å²) in [5.74, 6) is 0.937. The SMILES string of the molecule is CN=C(NCC(=O)N1CCCc2ccccc21)N1CCC(N2CCOCC2)C1.I. The predicted molar refractivity (Wildman–Crippen MR) is 126 cm³/mol. The first-order valence-corrected chi connectivity index (χ1v) is 10.4. The maximum atomic E-state index is 12.9. The minimum Gasteiger partial charge on any atom is -0.379 e. The number of morpholine rings is 1. The zero-order valence-corrected chi connectivity index (χ0v) is 19.5. The van der Waals surface area contributed by atoms with Crippen molar-refractivity contribution in [3.8, 4) is 0 Å². The highest BCUT2D eigenvalue weighted by Crippen LogP contribution is 2.26. The van der Waals surface area contributed by atoms with Crippen molar-refractivity contribution in [2.45, 2.75) is 25.3 Å². The number of aliphatic imine (C=N–C) groups is 1. The molecule has 3 heterocycles. The molecule has 3 aliphatic rings. The summed E-state index contributed by atoms with van der Waals surface area (Å²) in [6, 6.07) is 8.77. The average Bonchev–Trinajstić information content (AvgIpc) is 3.24. The van der Waals surface area contributed by atoms with Gasteiger partial charge in [0.25, 0.3) is 0 Å². The van der Waals surface area contributed by atoms with Crippen LogP contribution in [-0.4, -0.2) is 87.2 Å². The number of aryl methyl sites for hydroxylation is 1. The monoisotopic (exact) mass is 513 g/mol. The van der Waals surface area contributed by atoms with Crippen LogP contribution in [0, 0.1) is 0 Å². The van der Waals surface area contributed by atoms with E-state index in [4.69, 9.17) is 4.74 Å². The summed E-state index contributed by atoms with van der Waals surface area (Å²) in [4.78, 5) is 24.0. The fraction of sp³-hybridized carbons (Fsp3) is 0.619. The van der Waals surface area contributed by atoms with Gasteiger partial charge < -0.3 is 19.9 Å². The Morgan fingerprint density at radius 3 is 2.79 bits per heavy atom. The van der Waals surface area contributed by atoms with Gasteiger partial charge in [-0.25, -0.2) is 0 Å². The molecule has 160 valence electrons. The molecule has 7 nitrogen and oxygen atoms in total. The topological polar surface area (TPSA) is 60.4 Å². The first-order valence-electron chi connectivity index (χ1n) is 10.4. The molecule has 1 aromatic rings. The minimum absolute atomic E-state index is 0. The predicted octanol–water partition coefficient (Wildman–Crippen LogP) is 1.57. The van der Waals surface area contributed by atoms with E-state index in [-0.39, 0.29) is 36.4 Å². The van der Waals surface area contributed by atoms with Crippen LogP contribution >= 0.6 is 24.0 Å². The van der Waals surface area contributed by atoms with Crippen LogP contribution in [0.5, 0.6) is 0 Å². The number of hydrogen-bond acceptors (Lipinski definition) is 4. The molecule has 1 aromatic carbocycles. The van der Waals surface area contributed by atoms with Gasteiger partial charge in [0.05, 0.1) is 19.8 Å². The van der Waals surface area contributed by atoms with Gasteiger partial charge in [0.1, 0.15) is 0 Å². The molecular formula is C21H32IN5O2. The van der Waals surface area contributed by atoms with Crippen molar-refractivity contribution in [2.75, 3.05) is 64.4 Å². The van der Waals surface area contributed by atoms with Gasteiger partial charge in [-0.2, -0.15) is 0 Å². The Hall–Kier alpha value is -1.39. The normalized spacial score (nSPS) is 22.8. The molecule has 2 fully saturated rings. The van der Waals surface area contributed by atoms with E-state index in [9.17, 15) is 4.79 Å². The van der Waals surface area contributed by atoms with E-state index in [0.29, 0.717) is 6.04 Å². The van der Waals surface area contributed by atoms with Crippen LogP contribution in [0.3, 0.4) is 0 Å². The molecule has 1 amide bonds. The summed E-state index contributed by atoms with van der Waals surface area (Å²) < 4.78 is 5.47. The van der Waals surface area contributed by atoms with Crippen LogP contribution in [0.1, 0.15) is 18.4 Å². The van der Waals surface area contributed by atoms with E-state index in [1.165, 1.54) is 5.56 Å². The third-order valence-corrected chi connectivity index (χ3v) is 6.05. The van der Waals surface area contributed by atoms with Gasteiger partial charge in [-0.05, 0) is 30.9 Å². The summed E-state index contributed by atoms with van der Waals surface area (Å²) in [6.07, 6.45) is 3.20. The van der Waals surface area contributed by atoms with Gasteiger partial charge in [0.2, 0.25) is 5.91 Å². The van der Waals surface area contributed by atoms with Crippen LogP contribution in [0.15, 0.2) is 29.3 Å². The van der Waals surface area contributed by atoms with Gasteiger partial charge in [-0.15, -0.1) is 24.0 Å². The number of rotatable bonds is 3. The van der Waals surface area contributed by atoms with Crippen LogP contribution in [0.25, 0.3) is 0 Å². The molecule has 0 spiro atoms. The number of guanidine groups is 1. The lowest BCUT2D eigenvalue weighted by Crippen LogP contribution is -2.49. The number of hydrogen-bond donors (Lipinski definition) is 1. The van der Waals surface area contributed by atoms with Crippen LogP contribution in [0.4, 0.5) is 5.69 Å². The second-order valence-corrected chi connectivity index (χ2v) is 7.72. The Labute approximate surface area is 190 Å². The maximum absolute atomic E-state index is 12.9. The summed E-state index contributed by atoms with van der Waals surface area (Å²) in [5.41, 5.74) is 2.32. The Morgan fingerprint density at radius 1 is 1.21 bits per heavy atom. The highest BCUT2D eigenvalue weighted by Gasteiger charge is 2.30. The van der Waals surface area contributed by atoms with Crippen molar-refractivity contribution in [3.05, 3.63) is 29.8 Å². The molecule has 1 N–H and O–H groups in total. The number of benzene rings is 1. The number of anilines is 1. The third-order valence-electron chi connectivity index (χ3n) is 6.05. The van der Waals surface area contributed by atoms with Crippen molar-refractivity contribution in [1.82, 2.24) is 15.1 Å². The number of carbonyl (C=O) groups excluding carboxylic acids is 1. The minimum atomic E-state index is 0. The molecule has 0 bridgehead atoms. The van der Waals surface area contributed by atoms with Crippen LogP contribution in [0.2, 0.25) is 0 Å². The van der Waals surface area contributed by atoms with E-state index < -0.39 is 0 Å². The van der Waals surface area contributed by atoms with Gasteiger partial charge >= 0.3 is 0 Å². The van der Waals surface area contributed by atoms with E-state index in [1.807, 2.05) is 17.0 Å². The van der Waals surface area contributed by atoms with E-state index in [1.54, 1.807) is 7.05 Å². The highest BCUT2D eigenvalue weighted by atomic mass is 127. The lowest BCUT2D eigenvalue weighted by molar-refractivity contribution is -0.117. The van der Waals surface area contributed by atoms with Crippen molar-refractivity contribution in [3.63, 3.8) is 0 Å². The molecule has 0 aliphatic carbocycles. The fourth-order valence-electron chi connectivity index (χ4n) is 4.55. The van der Waals surface area contributed by atoms with E-state index in [0.717, 1.165) is 76.8 Å². The fourth-order valence-corrected chi connectivity index (χ4v) is 4.55. The summed E-state index contributed by atoms with van der Waals surface area (Å²) in [5, 5.41) is 3.30. The Balaban J connectivity index is 0.00000240. The van der Waals surface area contributed by atoms with Crippen molar-refractivity contribution in [1.29, 1.82) is 0 Å². The number of fused-ring (bicyclic) bond motifs is 1. The molecule has 29 heavy (non-hydrogen) atoms. The number of halogens is 1. The summed E-state index contributed by atoms with van der Waals surface area (Å²) >= 11 is 0. The van der Waals surface area contributed by atoms with Crippen molar-refractivity contribution < 1.29 is 9.53 Å². The number of ether oxygens (including phenoxy) is 1. The van der Waals surface area contributed by atoms with Crippen LogP contribution < -0.4 is 10.2 Å². The average molecular weight is 513 g/mol. The summed E-state index contributed by atoms with van der Waals surface area (Å²) in [6.45, 7) is 6.68. The van der Waals surface area contributed by atoms with E-state index >= 15 is 0 Å². The second-order valence-electron chi connectivity index (χ2n) is 7.72. The number of likely N-dealkylation sites (tertiary alicyclic amines) is 1. The number of nitrogens with one attached hydrogen (secondary N) is 1. The molecule has 1 atom stereocenters. The lowest BCUT2D eigenvalue weighted by atomic mass is 10.0. The van der Waals surface area contributed by atoms with Crippen LogP contribution in [-0.2, 0) is 16.0 Å². The molecule has 4 rings (SSSR count). The first kappa shape index (κ1) is 22.3. The van der Waals surface area contributed by atoms with Crippen molar-refractivity contribution >= 4 is 41.5 Å². The Morgan fingerprint density at radius 2 is 2.00 bits per heavy atom. The third kappa shape index (κ3) is 5.21. The quantitative estimate of drug-likeness (QED) is 0.378. The molecule has 8 heteroatoms. The number of nitrogens with zero attached hydrogens (tertiary/aromatic N) is 4.